The first-order chi connectivity index (χ1) is 17.2. The lowest BCUT2D eigenvalue weighted by molar-refractivity contribution is 0.0499. The molecule has 0 saturated carbocycles. The fraction of sp³-hybridized carbons (Fsp3) is 0.233. The summed E-state index contributed by atoms with van der Waals surface area (Å²) in [5.41, 5.74) is 4.28. The molecule has 4 rings (SSSR count). The number of unbranched alkanes of at least 4 members (excludes halogenated alkanes) is 1. The monoisotopic (exact) mass is 464 g/mol. The van der Waals surface area contributed by atoms with Crippen LogP contribution in [0.25, 0.3) is 22.0 Å². The summed E-state index contributed by atoms with van der Waals surface area (Å²) in [4.78, 5) is 18.1. The highest BCUT2D eigenvalue weighted by Gasteiger charge is 2.24. The number of hydrogen-bond donors (Lipinski definition) is 0. The predicted octanol–water partition coefficient (Wildman–Crippen LogP) is 7.48. The number of aromatic nitrogens is 1. The third kappa shape index (κ3) is 5.33. The average Bonchev–Trinajstić information content (AvgIpc) is 2.89. The second-order valence-corrected chi connectivity index (χ2v) is 8.30. The van der Waals surface area contributed by atoms with E-state index in [-0.39, 0.29) is 0 Å². The van der Waals surface area contributed by atoms with Crippen LogP contribution in [0.5, 0.6) is 11.5 Å². The van der Waals surface area contributed by atoms with Gasteiger partial charge >= 0.3 is 5.97 Å². The van der Waals surface area contributed by atoms with Gasteiger partial charge in [0.2, 0.25) is 0 Å². The lowest BCUT2D eigenvalue weighted by Crippen LogP contribution is -2.11. The lowest BCUT2D eigenvalue weighted by Gasteiger charge is -2.17. The van der Waals surface area contributed by atoms with Crippen LogP contribution >= 0.6 is 0 Å². The lowest BCUT2D eigenvalue weighted by atomic mass is 10.0. The number of esters is 1. The van der Waals surface area contributed by atoms with E-state index in [2.05, 4.69) is 19.9 Å². The first-order valence-electron chi connectivity index (χ1n) is 12.0. The van der Waals surface area contributed by atoms with Crippen LogP contribution < -0.4 is 4.74 Å². The van der Waals surface area contributed by atoms with Crippen molar-refractivity contribution in [3.8, 4) is 28.7 Å². The Bertz CT molecular complexity index is 1370. The maximum atomic E-state index is 13.3. The number of aryl methyl sites for hydroxylation is 1. The van der Waals surface area contributed by atoms with E-state index >= 15 is 0 Å². The Balaban J connectivity index is 1.76. The van der Waals surface area contributed by atoms with E-state index in [0.717, 1.165) is 41.6 Å². The quantitative estimate of drug-likeness (QED) is 0.190. The van der Waals surface area contributed by atoms with E-state index in [0.29, 0.717) is 41.0 Å². The molecule has 0 atom stereocenters. The van der Waals surface area contributed by atoms with Gasteiger partial charge in [0, 0.05) is 5.39 Å². The molecular weight excluding hydrogens is 436 g/mol. The van der Waals surface area contributed by atoms with Gasteiger partial charge in [-0.05, 0) is 48.2 Å². The molecule has 0 N–H and O–H groups in total. The van der Waals surface area contributed by atoms with Crippen molar-refractivity contribution in [3.05, 3.63) is 89.6 Å². The molecule has 176 valence electrons. The minimum atomic E-state index is -0.399. The van der Waals surface area contributed by atoms with Crippen LogP contribution in [0.4, 0.5) is 0 Å². The van der Waals surface area contributed by atoms with Gasteiger partial charge in [-0.1, -0.05) is 75.2 Å². The number of pyridine rings is 1. The zero-order valence-corrected chi connectivity index (χ0v) is 20.1. The van der Waals surface area contributed by atoms with Gasteiger partial charge in [0.15, 0.2) is 5.75 Å². The fourth-order valence-electron chi connectivity index (χ4n) is 4.00. The van der Waals surface area contributed by atoms with Crippen LogP contribution in [-0.2, 0) is 11.2 Å². The predicted molar refractivity (Wildman–Crippen MR) is 138 cm³/mol. The highest BCUT2D eigenvalue weighted by atomic mass is 16.5. The largest absolute Gasteiger partial charge is 0.462 e. The van der Waals surface area contributed by atoms with Gasteiger partial charge in [-0.15, -0.1) is 0 Å². The molecule has 5 heteroatoms. The first kappa shape index (κ1) is 24.0. The van der Waals surface area contributed by atoms with Crippen LogP contribution in [0.1, 0.15) is 54.7 Å². The molecule has 1 aromatic heterocycles. The van der Waals surface area contributed by atoms with Gasteiger partial charge in [0.1, 0.15) is 11.3 Å². The van der Waals surface area contributed by atoms with E-state index in [1.807, 2.05) is 66.7 Å². The van der Waals surface area contributed by atoms with E-state index in [9.17, 15) is 10.1 Å². The molecule has 0 aliphatic carbocycles. The zero-order chi connectivity index (χ0) is 24.6. The Kier molecular flexibility index (Phi) is 7.74. The van der Waals surface area contributed by atoms with E-state index in [1.54, 1.807) is 6.07 Å². The Morgan fingerprint density at radius 3 is 2.43 bits per heavy atom. The van der Waals surface area contributed by atoms with Crippen LogP contribution in [0, 0.1) is 11.3 Å². The number of ether oxygens (including phenoxy) is 2. The molecule has 3 aromatic carbocycles. The minimum Gasteiger partial charge on any atom is -0.462 e. The normalized spacial score (nSPS) is 10.7. The summed E-state index contributed by atoms with van der Waals surface area (Å²) in [6.07, 6.45) is 3.27. The smallest absolute Gasteiger partial charge is 0.342 e. The van der Waals surface area contributed by atoms with E-state index < -0.39 is 5.97 Å². The first-order valence-corrected chi connectivity index (χ1v) is 12.0. The molecule has 0 radical (unpaired) electrons. The van der Waals surface area contributed by atoms with Crippen LogP contribution in [0.3, 0.4) is 0 Å². The molecule has 4 aromatic rings. The van der Waals surface area contributed by atoms with Crippen molar-refractivity contribution >= 4 is 16.9 Å². The minimum absolute atomic E-state index is 0.363. The summed E-state index contributed by atoms with van der Waals surface area (Å²) < 4.78 is 12.0. The second kappa shape index (κ2) is 11.3. The van der Waals surface area contributed by atoms with Gasteiger partial charge in [0.25, 0.3) is 0 Å². The molecule has 0 bridgehead atoms. The van der Waals surface area contributed by atoms with Crippen molar-refractivity contribution in [2.75, 3.05) is 6.61 Å². The molecule has 0 aliphatic rings. The molecule has 1 heterocycles. The number of para-hydroxylation sites is 1. The molecule has 0 saturated heterocycles. The summed E-state index contributed by atoms with van der Waals surface area (Å²) >= 11 is 0. The number of fused-ring (bicyclic) bond motifs is 1. The third-order valence-corrected chi connectivity index (χ3v) is 5.77. The van der Waals surface area contributed by atoms with Crippen molar-refractivity contribution in [1.82, 2.24) is 4.98 Å². The Morgan fingerprint density at radius 2 is 1.69 bits per heavy atom. The number of benzene rings is 3. The van der Waals surface area contributed by atoms with Crippen molar-refractivity contribution in [2.45, 2.75) is 39.5 Å². The average molecular weight is 465 g/mol. The van der Waals surface area contributed by atoms with E-state index in [1.165, 1.54) is 0 Å². The topological polar surface area (TPSA) is 72.2 Å². The number of rotatable bonds is 9. The Morgan fingerprint density at radius 1 is 0.943 bits per heavy atom. The second-order valence-electron chi connectivity index (χ2n) is 8.30. The van der Waals surface area contributed by atoms with Gasteiger partial charge in [-0.25, -0.2) is 9.78 Å². The number of carbonyl (C=O) groups excluding carboxylic acids is 1. The number of hydrogen-bond acceptors (Lipinski definition) is 5. The molecule has 0 unspecified atom stereocenters. The van der Waals surface area contributed by atoms with Crippen LogP contribution in [-0.4, -0.2) is 17.6 Å². The molecule has 0 fully saturated rings. The van der Waals surface area contributed by atoms with Gasteiger partial charge < -0.3 is 9.47 Å². The van der Waals surface area contributed by atoms with Crippen molar-refractivity contribution < 1.29 is 14.3 Å². The summed E-state index contributed by atoms with van der Waals surface area (Å²) in [6.45, 7) is 4.49. The summed E-state index contributed by atoms with van der Waals surface area (Å²) in [7, 11) is 0. The Hall–Kier alpha value is -4.17. The number of nitriles is 1. The molecular formula is C30H28N2O3. The van der Waals surface area contributed by atoms with Crippen molar-refractivity contribution in [3.63, 3.8) is 0 Å². The standard InChI is InChI=1S/C30H28N2O3/c1-3-5-19-34-30(33)28-25-13-8-9-14-26(25)32-27(10-4-2)29(28)35-23-17-15-21(16-18-23)24-12-7-6-11-22(24)20-31/h6-9,11-18H,3-5,10,19H2,1-2H3. The Labute approximate surface area is 206 Å². The SMILES string of the molecule is CCCCOC(=O)c1c(Oc2ccc(-c3ccccc3C#N)cc2)c(CCC)nc2ccccc12. The van der Waals surface area contributed by atoms with E-state index in [4.69, 9.17) is 14.5 Å². The fourth-order valence-corrected chi connectivity index (χ4v) is 4.00. The van der Waals surface area contributed by atoms with Crippen molar-refractivity contribution in [2.24, 2.45) is 0 Å². The van der Waals surface area contributed by atoms with Gasteiger partial charge in [-0.3, -0.25) is 0 Å². The number of nitrogens with zero attached hydrogens (tertiary/aromatic N) is 2. The molecule has 35 heavy (non-hydrogen) atoms. The molecule has 5 nitrogen and oxygen atoms in total. The highest BCUT2D eigenvalue weighted by Crippen LogP contribution is 2.36. The van der Waals surface area contributed by atoms with Gasteiger partial charge in [-0.2, -0.15) is 5.26 Å². The zero-order valence-electron chi connectivity index (χ0n) is 20.1. The highest BCUT2D eigenvalue weighted by molar-refractivity contribution is 6.06. The molecule has 0 aliphatic heterocycles. The maximum absolute atomic E-state index is 13.3. The summed E-state index contributed by atoms with van der Waals surface area (Å²) in [5.74, 6) is 0.626. The van der Waals surface area contributed by atoms with Crippen molar-refractivity contribution in [1.29, 1.82) is 5.26 Å². The summed E-state index contributed by atoms with van der Waals surface area (Å²) in [5, 5.41) is 10.1. The van der Waals surface area contributed by atoms with Crippen LogP contribution in [0.2, 0.25) is 0 Å². The van der Waals surface area contributed by atoms with Gasteiger partial charge in [0.05, 0.1) is 29.5 Å². The maximum Gasteiger partial charge on any atom is 0.342 e. The molecule has 0 amide bonds. The number of carbonyl (C=O) groups is 1. The van der Waals surface area contributed by atoms with Crippen LogP contribution in [0.15, 0.2) is 72.8 Å². The third-order valence-electron chi connectivity index (χ3n) is 5.77. The summed E-state index contributed by atoms with van der Waals surface area (Å²) in [6, 6.07) is 24.8. The molecule has 0 spiro atoms.